The van der Waals surface area contributed by atoms with E-state index in [1.807, 2.05) is 38.1 Å². The van der Waals surface area contributed by atoms with Gasteiger partial charge in [-0.2, -0.15) is 0 Å². The summed E-state index contributed by atoms with van der Waals surface area (Å²) in [5.41, 5.74) is 3.17. The first-order valence-corrected chi connectivity index (χ1v) is 6.53. The van der Waals surface area contributed by atoms with Crippen molar-refractivity contribution in [3.8, 4) is 5.75 Å². The third-order valence-corrected chi connectivity index (χ3v) is 3.30. The molecule has 1 aromatic carbocycles. The number of aryl methyl sites for hydroxylation is 1. The maximum atomic E-state index is 11.9. The number of benzene rings is 1. The van der Waals surface area contributed by atoms with Crippen LogP contribution in [0.5, 0.6) is 5.75 Å². The SMILES string of the molecule is CCOc1ccc(NC(=O)c2scnc2C)cc1. The average molecular weight is 262 g/mol. The van der Waals surface area contributed by atoms with Gasteiger partial charge in [-0.05, 0) is 38.1 Å². The molecule has 0 aliphatic carbocycles. The van der Waals surface area contributed by atoms with Gasteiger partial charge >= 0.3 is 0 Å². The lowest BCUT2D eigenvalue weighted by atomic mass is 10.3. The van der Waals surface area contributed by atoms with Crippen molar-refractivity contribution in [3.05, 3.63) is 40.3 Å². The molecule has 0 aliphatic rings. The summed E-state index contributed by atoms with van der Waals surface area (Å²) in [5.74, 6) is 0.670. The van der Waals surface area contributed by atoms with E-state index in [2.05, 4.69) is 10.3 Å². The van der Waals surface area contributed by atoms with Crippen molar-refractivity contribution in [1.29, 1.82) is 0 Å². The number of carbonyl (C=O) groups excluding carboxylic acids is 1. The highest BCUT2D eigenvalue weighted by Crippen LogP contribution is 2.18. The van der Waals surface area contributed by atoms with E-state index in [0.29, 0.717) is 11.5 Å². The second-order valence-corrected chi connectivity index (χ2v) is 4.53. The molecular weight excluding hydrogens is 248 g/mol. The number of thiazole rings is 1. The largest absolute Gasteiger partial charge is 0.494 e. The summed E-state index contributed by atoms with van der Waals surface area (Å²) >= 11 is 1.34. The van der Waals surface area contributed by atoms with E-state index in [-0.39, 0.29) is 5.91 Å². The molecule has 0 radical (unpaired) electrons. The fourth-order valence-corrected chi connectivity index (χ4v) is 2.21. The zero-order valence-electron chi connectivity index (χ0n) is 10.3. The monoisotopic (exact) mass is 262 g/mol. The summed E-state index contributed by atoms with van der Waals surface area (Å²) in [6.07, 6.45) is 0. The van der Waals surface area contributed by atoms with Gasteiger partial charge in [0.2, 0.25) is 0 Å². The molecule has 0 atom stereocenters. The van der Waals surface area contributed by atoms with Gasteiger partial charge in [0, 0.05) is 5.69 Å². The molecule has 4 nitrogen and oxygen atoms in total. The van der Waals surface area contributed by atoms with Crippen LogP contribution in [0.25, 0.3) is 0 Å². The molecule has 94 valence electrons. The van der Waals surface area contributed by atoms with E-state index >= 15 is 0 Å². The first-order valence-electron chi connectivity index (χ1n) is 5.65. The van der Waals surface area contributed by atoms with Gasteiger partial charge in [0.05, 0.1) is 17.8 Å². The van der Waals surface area contributed by atoms with Crippen LogP contribution in [0.2, 0.25) is 0 Å². The molecular formula is C13H14N2O2S. The molecule has 1 heterocycles. The van der Waals surface area contributed by atoms with Crippen LogP contribution in [-0.4, -0.2) is 17.5 Å². The Morgan fingerprint density at radius 1 is 1.39 bits per heavy atom. The highest BCUT2D eigenvalue weighted by molar-refractivity contribution is 7.12. The average Bonchev–Trinajstić information content (AvgIpc) is 2.78. The van der Waals surface area contributed by atoms with Crippen LogP contribution in [0.15, 0.2) is 29.8 Å². The van der Waals surface area contributed by atoms with E-state index in [1.165, 1.54) is 11.3 Å². The Morgan fingerprint density at radius 3 is 2.67 bits per heavy atom. The standard InChI is InChI=1S/C13H14N2O2S/c1-3-17-11-6-4-10(5-7-11)15-13(16)12-9(2)14-8-18-12/h4-8H,3H2,1-2H3,(H,15,16). The Hall–Kier alpha value is -1.88. The van der Waals surface area contributed by atoms with Crippen LogP contribution < -0.4 is 10.1 Å². The lowest BCUT2D eigenvalue weighted by Crippen LogP contribution is -2.11. The zero-order valence-corrected chi connectivity index (χ0v) is 11.1. The number of hydrogen-bond acceptors (Lipinski definition) is 4. The van der Waals surface area contributed by atoms with Crippen molar-refractivity contribution >= 4 is 22.9 Å². The number of hydrogen-bond donors (Lipinski definition) is 1. The Kier molecular flexibility index (Phi) is 3.94. The lowest BCUT2D eigenvalue weighted by molar-refractivity contribution is 0.103. The number of carbonyl (C=O) groups is 1. The third kappa shape index (κ3) is 2.87. The van der Waals surface area contributed by atoms with E-state index in [0.717, 1.165) is 17.1 Å². The summed E-state index contributed by atoms with van der Waals surface area (Å²) in [5, 5.41) is 2.83. The van der Waals surface area contributed by atoms with Crippen molar-refractivity contribution in [2.45, 2.75) is 13.8 Å². The number of ether oxygens (including phenoxy) is 1. The van der Waals surface area contributed by atoms with Gasteiger partial charge < -0.3 is 10.1 Å². The molecule has 5 heteroatoms. The molecule has 0 fully saturated rings. The molecule has 0 aliphatic heterocycles. The van der Waals surface area contributed by atoms with Crippen LogP contribution >= 0.6 is 11.3 Å². The van der Waals surface area contributed by atoms with E-state index < -0.39 is 0 Å². The van der Waals surface area contributed by atoms with Gasteiger partial charge in [0.15, 0.2) is 0 Å². The van der Waals surface area contributed by atoms with E-state index in [1.54, 1.807) is 5.51 Å². The van der Waals surface area contributed by atoms with Crippen LogP contribution in [0.1, 0.15) is 22.3 Å². The number of rotatable bonds is 4. The Labute approximate surface area is 110 Å². The van der Waals surface area contributed by atoms with Gasteiger partial charge in [-0.15, -0.1) is 11.3 Å². The minimum absolute atomic E-state index is 0.126. The number of aromatic nitrogens is 1. The number of nitrogens with one attached hydrogen (secondary N) is 1. The Bertz CT molecular complexity index is 534. The van der Waals surface area contributed by atoms with Crippen molar-refractivity contribution in [1.82, 2.24) is 4.98 Å². The molecule has 0 unspecified atom stereocenters. The topological polar surface area (TPSA) is 51.2 Å². The number of amides is 1. The van der Waals surface area contributed by atoms with Gasteiger partial charge in [0.1, 0.15) is 10.6 Å². The Morgan fingerprint density at radius 2 is 2.11 bits per heavy atom. The third-order valence-electron chi connectivity index (χ3n) is 2.37. The second-order valence-electron chi connectivity index (χ2n) is 3.68. The first kappa shape index (κ1) is 12.6. The molecule has 0 bridgehead atoms. The lowest BCUT2D eigenvalue weighted by Gasteiger charge is -2.06. The quantitative estimate of drug-likeness (QED) is 0.921. The summed E-state index contributed by atoms with van der Waals surface area (Å²) in [4.78, 5) is 16.6. The molecule has 1 N–H and O–H groups in total. The van der Waals surface area contributed by atoms with Crippen LogP contribution in [-0.2, 0) is 0 Å². The summed E-state index contributed by atoms with van der Waals surface area (Å²) < 4.78 is 5.34. The molecule has 2 rings (SSSR count). The normalized spacial score (nSPS) is 10.1. The van der Waals surface area contributed by atoms with Crippen molar-refractivity contribution in [3.63, 3.8) is 0 Å². The number of anilines is 1. The first-order chi connectivity index (χ1) is 8.70. The molecule has 2 aromatic rings. The minimum Gasteiger partial charge on any atom is -0.494 e. The predicted octanol–water partition coefficient (Wildman–Crippen LogP) is 3.10. The van der Waals surface area contributed by atoms with Crippen LogP contribution in [0.4, 0.5) is 5.69 Å². The van der Waals surface area contributed by atoms with Gasteiger partial charge in [-0.1, -0.05) is 0 Å². The molecule has 0 saturated heterocycles. The smallest absolute Gasteiger partial charge is 0.267 e. The van der Waals surface area contributed by atoms with Gasteiger partial charge in [0.25, 0.3) is 5.91 Å². The predicted molar refractivity (Wildman–Crippen MR) is 72.4 cm³/mol. The fourth-order valence-electron chi connectivity index (χ4n) is 1.51. The van der Waals surface area contributed by atoms with Gasteiger partial charge in [-0.3, -0.25) is 4.79 Å². The van der Waals surface area contributed by atoms with Gasteiger partial charge in [-0.25, -0.2) is 4.98 Å². The number of nitrogens with zero attached hydrogens (tertiary/aromatic N) is 1. The van der Waals surface area contributed by atoms with Crippen LogP contribution in [0.3, 0.4) is 0 Å². The van der Waals surface area contributed by atoms with E-state index in [9.17, 15) is 4.79 Å². The second kappa shape index (κ2) is 5.64. The fraction of sp³-hybridized carbons (Fsp3) is 0.231. The molecule has 0 saturated carbocycles. The summed E-state index contributed by atoms with van der Waals surface area (Å²) in [6.45, 7) is 4.39. The molecule has 0 spiro atoms. The van der Waals surface area contributed by atoms with Crippen LogP contribution in [0, 0.1) is 6.92 Å². The van der Waals surface area contributed by atoms with Crippen molar-refractivity contribution in [2.24, 2.45) is 0 Å². The maximum Gasteiger partial charge on any atom is 0.267 e. The maximum absolute atomic E-state index is 11.9. The molecule has 18 heavy (non-hydrogen) atoms. The van der Waals surface area contributed by atoms with Crippen molar-refractivity contribution in [2.75, 3.05) is 11.9 Å². The zero-order chi connectivity index (χ0) is 13.0. The summed E-state index contributed by atoms with van der Waals surface area (Å²) in [7, 11) is 0. The minimum atomic E-state index is -0.126. The molecule has 1 aromatic heterocycles. The highest BCUT2D eigenvalue weighted by atomic mass is 32.1. The Balaban J connectivity index is 2.05. The van der Waals surface area contributed by atoms with E-state index in [4.69, 9.17) is 4.74 Å². The van der Waals surface area contributed by atoms with Crippen molar-refractivity contribution < 1.29 is 9.53 Å². The summed E-state index contributed by atoms with van der Waals surface area (Å²) in [6, 6.07) is 7.30. The molecule has 1 amide bonds. The highest BCUT2D eigenvalue weighted by Gasteiger charge is 2.11.